The molecule has 46 heavy (non-hydrogen) atoms. The minimum atomic E-state index is -4.12. The van der Waals surface area contributed by atoms with Crippen molar-refractivity contribution in [2.24, 2.45) is 0 Å². The van der Waals surface area contributed by atoms with Gasteiger partial charge in [-0.25, -0.2) is 16.8 Å². The van der Waals surface area contributed by atoms with Gasteiger partial charge in [-0.1, -0.05) is 36.4 Å². The average molecular weight is 658 g/mol. The summed E-state index contributed by atoms with van der Waals surface area (Å²) in [7, 11) is -4.97. The molecule has 0 spiro atoms. The second-order valence-electron chi connectivity index (χ2n) is 10.0. The Hall–Kier alpha value is -5.33. The highest BCUT2D eigenvalue weighted by molar-refractivity contribution is 7.93. The molecule has 1 amide bonds. The molecule has 5 aromatic rings. The van der Waals surface area contributed by atoms with Crippen LogP contribution in [0.25, 0.3) is 0 Å². The van der Waals surface area contributed by atoms with Crippen LogP contribution in [0.5, 0.6) is 11.5 Å². The predicted molar refractivity (Wildman–Crippen MR) is 177 cm³/mol. The molecule has 0 bridgehead atoms. The van der Waals surface area contributed by atoms with Gasteiger partial charge in [0.05, 0.1) is 36.2 Å². The smallest absolute Gasteiger partial charge is 0.264 e. The largest absolute Gasteiger partial charge is 0.497 e. The van der Waals surface area contributed by atoms with Crippen LogP contribution in [-0.2, 0) is 26.6 Å². The van der Waals surface area contributed by atoms with Gasteiger partial charge in [0.1, 0.15) is 11.5 Å². The number of benzene rings is 5. The molecule has 0 heterocycles. The second-order valence-corrected chi connectivity index (χ2v) is 13.6. The van der Waals surface area contributed by atoms with Gasteiger partial charge in [0, 0.05) is 16.9 Å². The number of ether oxygens (including phenoxy) is 2. The molecule has 0 aliphatic heterocycles. The van der Waals surface area contributed by atoms with Crippen LogP contribution in [-0.4, -0.2) is 37.0 Å². The molecule has 0 aromatic heterocycles. The fraction of sp³-hybridized carbons (Fsp3) is 0.0882. The molecule has 0 unspecified atom stereocenters. The Bertz CT molecular complexity index is 2020. The molecule has 0 saturated heterocycles. The standard InChI is InChI=1S/C34H31N3O7S2/c1-43-30-17-11-28(12-18-30)36-45(39,40)32-21-13-27(14-22-32)35-34(38)26-9-6-10-33(23-26)46(41,42)37(24-25-7-4-3-5-8-25)29-15-19-31(44-2)20-16-29/h3-23,36H,24H2,1-2H3,(H,35,38). The second kappa shape index (κ2) is 13.8. The molecule has 5 rings (SSSR count). The number of carbonyl (C=O) groups excluding carboxylic acids is 1. The normalized spacial score (nSPS) is 11.3. The Kier molecular flexibility index (Phi) is 9.59. The van der Waals surface area contributed by atoms with Crippen LogP contribution >= 0.6 is 0 Å². The molecule has 0 aliphatic carbocycles. The number of anilines is 3. The molecular formula is C34H31N3O7S2. The van der Waals surface area contributed by atoms with Crippen molar-refractivity contribution in [1.82, 2.24) is 0 Å². The van der Waals surface area contributed by atoms with Crippen LogP contribution in [0.4, 0.5) is 17.1 Å². The number of nitrogens with zero attached hydrogens (tertiary/aromatic N) is 1. The number of rotatable bonds is 12. The van der Waals surface area contributed by atoms with Crippen molar-refractivity contribution < 1.29 is 31.1 Å². The molecule has 2 N–H and O–H groups in total. The van der Waals surface area contributed by atoms with E-state index in [4.69, 9.17) is 9.47 Å². The summed E-state index contributed by atoms with van der Waals surface area (Å²) in [5.41, 5.74) is 2.00. The maximum atomic E-state index is 14.0. The van der Waals surface area contributed by atoms with Gasteiger partial charge in [0.15, 0.2) is 0 Å². The summed E-state index contributed by atoms with van der Waals surface area (Å²) < 4.78 is 67.8. The fourth-order valence-corrected chi connectivity index (χ4v) is 7.09. The molecule has 0 atom stereocenters. The Morgan fingerprint density at radius 2 is 1.24 bits per heavy atom. The monoisotopic (exact) mass is 657 g/mol. The number of carbonyl (C=O) groups is 1. The van der Waals surface area contributed by atoms with Crippen molar-refractivity contribution in [2.75, 3.05) is 28.6 Å². The van der Waals surface area contributed by atoms with Crippen LogP contribution < -0.4 is 23.8 Å². The molecule has 0 aliphatic rings. The topological polar surface area (TPSA) is 131 Å². The highest BCUT2D eigenvalue weighted by Gasteiger charge is 2.26. The molecule has 236 valence electrons. The Labute approximate surface area is 268 Å². The first-order valence-corrected chi connectivity index (χ1v) is 16.9. The minimum absolute atomic E-state index is 0.00792. The number of methoxy groups -OCH3 is 2. The summed E-state index contributed by atoms with van der Waals surface area (Å²) in [5, 5.41) is 2.70. The fourth-order valence-electron chi connectivity index (χ4n) is 4.53. The first-order chi connectivity index (χ1) is 22.1. The molecular weight excluding hydrogens is 627 g/mol. The lowest BCUT2D eigenvalue weighted by atomic mass is 10.2. The van der Waals surface area contributed by atoms with E-state index in [2.05, 4.69) is 10.0 Å². The number of nitrogens with one attached hydrogen (secondary N) is 2. The summed E-state index contributed by atoms with van der Waals surface area (Å²) in [4.78, 5) is 13.1. The van der Waals surface area contributed by atoms with Crippen LogP contribution in [0, 0.1) is 0 Å². The van der Waals surface area contributed by atoms with Gasteiger partial charge in [0.25, 0.3) is 26.0 Å². The Balaban J connectivity index is 1.34. The Morgan fingerprint density at radius 3 is 1.85 bits per heavy atom. The van der Waals surface area contributed by atoms with Gasteiger partial charge in [0.2, 0.25) is 0 Å². The maximum absolute atomic E-state index is 14.0. The molecule has 0 radical (unpaired) electrons. The van der Waals surface area contributed by atoms with E-state index in [0.717, 1.165) is 5.56 Å². The molecule has 12 heteroatoms. The summed E-state index contributed by atoms with van der Waals surface area (Å²) >= 11 is 0. The number of hydrogen-bond donors (Lipinski definition) is 2. The number of hydrogen-bond acceptors (Lipinski definition) is 7. The highest BCUT2D eigenvalue weighted by atomic mass is 32.2. The lowest BCUT2D eigenvalue weighted by molar-refractivity contribution is 0.102. The van der Waals surface area contributed by atoms with Crippen molar-refractivity contribution in [2.45, 2.75) is 16.3 Å². The first kappa shape index (κ1) is 32.1. The molecule has 10 nitrogen and oxygen atoms in total. The third-order valence-electron chi connectivity index (χ3n) is 6.98. The zero-order valence-corrected chi connectivity index (χ0v) is 26.6. The number of amides is 1. The summed E-state index contributed by atoms with van der Waals surface area (Å²) in [6.07, 6.45) is 0. The molecule has 0 saturated carbocycles. The molecule has 5 aromatic carbocycles. The van der Waals surface area contributed by atoms with E-state index in [1.54, 1.807) is 48.5 Å². The maximum Gasteiger partial charge on any atom is 0.264 e. The quantitative estimate of drug-likeness (QED) is 0.165. The summed E-state index contributed by atoms with van der Waals surface area (Å²) in [5.74, 6) is 0.606. The Morgan fingerprint density at radius 1 is 0.652 bits per heavy atom. The van der Waals surface area contributed by atoms with Gasteiger partial charge in [-0.15, -0.1) is 0 Å². The lowest BCUT2D eigenvalue weighted by Crippen LogP contribution is -2.30. The third-order valence-corrected chi connectivity index (χ3v) is 10.1. The minimum Gasteiger partial charge on any atom is -0.497 e. The van der Waals surface area contributed by atoms with E-state index in [-0.39, 0.29) is 21.9 Å². The zero-order valence-electron chi connectivity index (χ0n) is 25.0. The van der Waals surface area contributed by atoms with E-state index in [9.17, 15) is 21.6 Å². The lowest BCUT2D eigenvalue weighted by Gasteiger charge is -2.25. The molecule has 0 fully saturated rings. The highest BCUT2D eigenvalue weighted by Crippen LogP contribution is 2.29. The van der Waals surface area contributed by atoms with Gasteiger partial charge < -0.3 is 14.8 Å². The van der Waals surface area contributed by atoms with Crippen molar-refractivity contribution in [1.29, 1.82) is 0 Å². The average Bonchev–Trinajstić information content (AvgIpc) is 3.08. The predicted octanol–water partition coefficient (Wildman–Crippen LogP) is 6.15. The van der Waals surface area contributed by atoms with E-state index in [1.165, 1.54) is 67.1 Å². The number of sulfonamides is 2. The van der Waals surface area contributed by atoms with Crippen molar-refractivity contribution in [3.63, 3.8) is 0 Å². The van der Waals surface area contributed by atoms with E-state index in [0.29, 0.717) is 28.6 Å². The summed E-state index contributed by atoms with van der Waals surface area (Å²) in [6, 6.07) is 33.7. The van der Waals surface area contributed by atoms with Gasteiger partial charge in [-0.2, -0.15) is 0 Å². The van der Waals surface area contributed by atoms with E-state index in [1.807, 2.05) is 30.3 Å². The third kappa shape index (κ3) is 7.48. The van der Waals surface area contributed by atoms with Crippen LogP contribution in [0.2, 0.25) is 0 Å². The van der Waals surface area contributed by atoms with Crippen LogP contribution in [0.1, 0.15) is 15.9 Å². The first-order valence-electron chi connectivity index (χ1n) is 14.0. The van der Waals surface area contributed by atoms with Gasteiger partial charge >= 0.3 is 0 Å². The zero-order chi connectivity index (χ0) is 32.7. The van der Waals surface area contributed by atoms with E-state index < -0.39 is 26.0 Å². The van der Waals surface area contributed by atoms with Crippen molar-refractivity contribution >= 4 is 43.0 Å². The van der Waals surface area contributed by atoms with E-state index >= 15 is 0 Å². The van der Waals surface area contributed by atoms with Crippen LogP contribution in [0.3, 0.4) is 0 Å². The van der Waals surface area contributed by atoms with Gasteiger partial charge in [-0.3, -0.25) is 13.8 Å². The SMILES string of the molecule is COc1ccc(NS(=O)(=O)c2ccc(NC(=O)c3cccc(S(=O)(=O)N(Cc4ccccc4)c4ccc(OC)cc4)c3)cc2)cc1. The van der Waals surface area contributed by atoms with Crippen molar-refractivity contribution in [3.05, 3.63) is 139 Å². The van der Waals surface area contributed by atoms with Gasteiger partial charge in [-0.05, 0) is 96.6 Å². The summed E-state index contributed by atoms with van der Waals surface area (Å²) in [6.45, 7) is 0.0640. The van der Waals surface area contributed by atoms with Crippen molar-refractivity contribution in [3.8, 4) is 11.5 Å². The van der Waals surface area contributed by atoms with Crippen LogP contribution in [0.15, 0.2) is 137 Å².